The number of likely N-dealkylation sites (tertiary alicyclic amines) is 1. The van der Waals surface area contributed by atoms with E-state index in [2.05, 4.69) is 5.32 Å². The maximum atomic E-state index is 12.8. The summed E-state index contributed by atoms with van der Waals surface area (Å²) in [5, 5.41) is 3.24. The van der Waals surface area contributed by atoms with Crippen LogP contribution in [0.3, 0.4) is 0 Å². The van der Waals surface area contributed by atoms with E-state index in [1.54, 1.807) is 24.3 Å². The van der Waals surface area contributed by atoms with Crippen molar-refractivity contribution in [3.05, 3.63) is 34.9 Å². The van der Waals surface area contributed by atoms with Crippen molar-refractivity contribution in [1.29, 1.82) is 0 Å². The van der Waals surface area contributed by atoms with Crippen molar-refractivity contribution in [3.63, 3.8) is 0 Å². The number of carbonyl (C=O) groups excluding carboxylic acids is 2. The zero-order valence-corrected chi connectivity index (χ0v) is 15.1. The number of hydrogen-bond donors (Lipinski definition) is 2. The van der Waals surface area contributed by atoms with Crippen molar-refractivity contribution in [2.75, 3.05) is 19.6 Å². The summed E-state index contributed by atoms with van der Waals surface area (Å²) in [4.78, 5) is 27.2. The van der Waals surface area contributed by atoms with E-state index in [9.17, 15) is 9.59 Å². The van der Waals surface area contributed by atoms with Crippen LogP contribution in [-0.4, -0.2) is 42.4 Å². The molecule has 24 heavy (non-hydrogen) atoms. The molecule has 1 aliphatic heterocycles. The van der Waals surface area contributed by atoms with E-state index < -0.39 is 6.04 Å². The van der Waals surface area contributed by atoms with Gasteiger partial charge in [0.2, 0.25) is 5.91 Å². The Morgan fingerprint density at radius 2 is 1.92 bits per heavy atom. The van der Waals surface area contributed by atoms with Crippen LogP contribution in [0.25, 0.3) is 0 Å². The molecule has 132 valence electrons. The lowest BCUT2D eigenvalue weighted by Crippen LogP contribution is -2.53. The fraction of sp³-hybridized carbons (Fsp3) is 0.556. The number of hydrogen-bond acceptors (Lipinski definition) is 3. The van der Waals surface area contributed by atoms with E-state index >= 15 is 0 Å². The summed E-state index contributed by atoms with van der Waals surface area (Å²) in [5.74, 6) is 0.144. The van der Waals surface area contributed by atoms with E-state index in [1.165, 1.54) is 0 Å². The summed E-state index contributed by atoms with van der Waals surface area (Å²) in [6, 6.07) is 6.30. The summed E-state index contributed by atoms with van der Waals surface area (Å²) in [6.45, 7) is 5.93. The predicted octanol–water partition coefficient (Wildman–Crippen LogP) is 2.29. The number of nitrogens with zero attached hydrogens (tertiary/aromatic N) is 1. The third-order valence-electron chi connectivity index (χ3n) is 4.60. The molecule has 0 saturated carbocycles. The largest absolute Gasteiger partial charge is 0.341 e. The molecule has 1 aromatic rings. The first-order valence-electron chi connectivity index (χ1n) is 8.48. The van der Waals surface area contributed by atoms with Crippen molar-refractivity contribution < 1.29 is 9.59 Å². The van der Waals surface area contributed by atoms with Gasteiger partial charge in [0.05, 0.1) is 10.6 Å². The van der Waals surface area contributed by atoms with Crippen molar-refractivity contribution in [1.82, 2.24) is 10.2 Å². The second-order valence-electron chi connectivity index (χ2n) is 6.68. The van der Waals surface area contributed by atoms with Crippen LogP contribution in [0.5, 0.6) is 0 Å². The van der Waals surface area contributed by atoms with Crippen molar-refractivity contribution in [2.24, 2.45) is 17.6 Å². The molecule has 1 atom stereocenters. The molecule has 1 aliphatic rings. The molecule has 1 unspecified atom stereocenters. The van der Waals surface area contributed by atoms with Crippen LogP contribution in [0.2, 0.25) is 5.02 Å². The summed E-state index contributed by atoms with van der Waals surface area (Å²) < 4.78 is 0. The van der Waals surface area contributed by atoms with Crippen LogP contribution in [0.15, 0.2) is 24.3 Å². The molecule has 5 nitrogen and oxygen atoms in total. The van der Waals surface area contributed by atoms with E-state index in [-0.39, 0.29) is 17.7 Å². The topological polar surface area (TPSA) is 75.4 Å². The number of rotatable bonds is 5. The molecule has 6 heteroatoms. The molecule has 0 radical (unpaired) electrons. The van der Waals surface area contributed by atoms with E-state index in [4.69, 9.17) is 17.3 Å². The summed E-state index contributed by atoms with van der Waals surface area (Å²) >= 11 is 6.07. The molecule has 2 amide bonds. The Bertz CT molecular complexity index is 583. The minimum atomic E-state index is -0.553. The first-order chi connectivity index (χ1) is 11.4. The molecule has 0 bridgehead atoms. The van der Waals surface area contributed by atoms with Gasteiger partial charge in [-0.1, -0.05) is 37.6 Å². The van der Waals surface area contributed by atoms with Gasteiger partial charge in [0.15, 0.2) is 0 Å². The van der Waals surface area contributed by atoms with Gasteiger partial charge in [0.25, 0.3) is 5.91 Å². The Morgan fingerprint density at radius 3 is 2.46 bits per heavy atom. The number of nitrogens with one attached hydrogen (secondary N) is 1. The molecule has 1 fully saturated rings. The van der Waals surface area contributed by atoms with E-state index in [0.717, 1.165) is 12.8 Å². The SMILES string of the molecule is CC(C)C(NC(=O)c1ccccc1Cl)C(=O)N1CCC(CN)CC1. The number of benzene rings is 1. The number of carbonyl (C=O) groups is 2. The summed E-state index contributed by atoms with van der Waals surface area (Å²) in [6.07, 6.45) is 1.84. The maximum Gasteiger partial charge on any atom is 0.253 e. The van der Waals surface area contributed by atoms with Crippen LogP contribution < -0.4 is 11.1 Å². The zero-order chi connectivity index (χ0) is 17.7. The monoisotopic (exact) mass is 351 g/mol. The fourth-order valence-corrected chi connectivity index (χ4v) is 3.19. The van der Waals surface area contributed by atoms with Crippen LogP contribution in [-0.2, 0) is 4.79 Å². The lowest BCUT2D eigenvalue weighted by Gasteiger charge is -2.35. The van der Waals surface area contributed by atoms with Crippen LogP contribution in [0, 0.1) is 11.8 Å². The van der Waals surface area contributed by atoms with E-state index in [1.807, 2.05) is 18.7 Å². The van der Waals surface area contributed by atoms with Gasteiger partial charge in [-0.05, 0) is 43.4 Å². The highest BCUT2D eigenvalue weighted by molar-refractivity contribution is 6.33. The second kappa shape index (κ2) is 8.49. The Labute approximate surface area is 148 Å². The molecule has 0 aromatic heterocycles. The van der Waals surface area contributed by atoms with Gasteiger partial charge in [-0.25, -0.2) is 0 Å². The molecular formula is C18H26ClN3O2. The fourth-order valence-electron chi connectivity index (χ4n) is 2.96. The van der Waals surface area contributed by atoms with Gasteiger partial charge in [-0.3, -0.25) is 9.59 Å². The van der Waals surface area contributed by atoms with E-state index in [0.29, 0.717) is 36.1 Å². The molecule has 0 spiro atoms. The second-order valence-corrected chi connectivity index (χ2v) is 7.09. The quantitative estimate of drug-likeness (QED) is 0.854. The molecule has 1 saturated heterocycles. The normalized spacial score (nSPS) is 17.0. The third kappa shape index (κ3) is 4.48. The average Bonchev–Trinajstić information content (AvgIpc) is 2.59. The van der Waals surface area contributed by atoms with Crippen LogP contribution in [0.1, 0.15) is 37.0 Å². The Hall–Kier alpha value is -1.59. The number of nitrogens with two attached hydrogens (primary N) is 1. The minimum absolute atomic E-state index is 0.00355. The van der Waals surface area contributed by atoms with Crippen molar-refractivity contribution >= 4 is 23.4 Å². The zero-order valence-electron chi connectivity index (χ0n) is 14.3. The van der Waals surface area contributed by atoms with Gasteiger partial charge >= 0.3 is 0 Å². The van der Waals surface area contributed by atoms with Gasteiger partial charge in [-0.2, -0.15) is 0 Å². The molecular weight excluding hydrogens is 326 g/mol. The third-order valence-corrected chi connectivity index (χ3v) is 4.93. The standard InChI is InChI=1S/C18H26ClN3O2/c1-12(2)16(18(24)22-9-7-13(11-20)8-10-22)21-17(23)14-5-3-4-6-15(14)19/h3-6,12-13,16H,7-11,20H2,1-2H3,(H,21,23). The maximum absolute atomic E-state index is 12.8. The highest BCUT2D eigenvalue weighted by atomic mass is 35.5. The number of piperidine rings is 1. The molecule has 1 aromatic carbocycles. The molecule has 2 rings (SSSR count). The molecule has 3 N–H and O–H groups in total. The minimum Gasteiger partial charge on any atom is -0.341 e. The van der Waals surface area contributed by atoms with Gasteiger partial charge in [0.1, 0.15) is 6.04 Å². The van der Waals surface area contributed by atoms with Crippen molar-refractivity contribution in [3.8, 4) is 0 Å². The summed E-state index contributed by atoms with van der Waals surface area (Å²) in [7, 11) is 0. The summed E-state index contributed by atoms with van der Waals surface area (Å²) in [5.41, 5.74) is 6.09. The molecule has 1 heterocycles. The van der Waals surface area contributed by atoms with Crippen LogP contribution in [0.4, 0.5) is 0 Å². The first-order valence-corrected chi connectivity index (χ1v) is 8.86. The Morgan fingerprint density at radius 1 is 1.29 bits per heavy atom. The van der Waals surface area contributed by atoms with Crippen molar-refractivity contribution in [2.45, 2.75) is 32.7 Å². The molecule has 0 aliphatic carbocycles. The smallest absolute Gasteiger partial charge is 0.253 e. The van der Waals surface area contributed by atoms with Crippen LogP contribution >= 0.6 is 11.6 Å². The predicted molar refractivity (Wildman–Crippen MR) is 95.9 cm³/mol. The van der Waals surface area contributed by atoms with Gasteiger partial charge < -0.3 is 16.0 Å². The highest BCUT2D eigenvalue weighted by Gasteiger charge is 2.31. The lowest BCUT2D eigenvalue weighted by molar-refractivity contribution is -0.135. The Balaban J connectivity index is 2.05. The number of amides is 2. The highest BCUT2D eigenvalue weighted by Crippen LogP contribution is 2.19. The first kappa shape index (κ1) is 18.7. The number of halogens is 1. The lowest BCUT2D eigenvalue weighted by atomic mass is 9.95. The Kier molecular flexibility index (Phi) is 6.63. The van der Waals surface area contributed by atoms with Gasteiger partial charge in [0, 0.05) is 13.1 Å². The van der Waals surface area contributed by atoms with Gasteiger partial charge in [-0.15, -0.1) is 0 Å². The average molecular weight is 352 g/mol.